The van der Waals surface area contributed by atoms with Crippen LogP contribution in [0.4, 0.5) is 10.9 Å². The fraction of sp³-hybridized carbons (Fsp3) is 0.167. The highest BCUT2D eigenvalue weighted by molar-refractivity contribution is 7.13. The Hall–Kier alpha value is -3.98. The molecule has 1 amide bonds. The standard InChI is InChI=1S/C24H23N5O3S/c1-16-8-10-19(11-9-16)29-21(12-17(2)28-29)27-22(30)14-32-23(31)20-15-33-24(26-20)25-13-18-6-4-3-5-7-18/h3-12,15H,13-14H2,1-2H3,(H,25,26)(H,27,30). The van der Waals surface area contributed by atoms with Gasteiger partial charge in [-0.05, 0) is 31.5 Å². The van der Waals surface area contributed by atoms with E-state index in [1.807, 2.05) is 68.4 Å². The molecule has 2 aromatic carbocycles. The molecule has 0 unspecified atom stereocenters. The van der Waals surface area contributed by atoms with E-state index < -0.39 is 18.5 Å². The molecule has 0 aliphatic rings. The van der Waals surface area contributed by atoms with Crippen LogP contribution in [-0.2, 0) is 16.1 Å². The summed E-state index contributed by atoms with van der Waals surface area (Å²) in [6.07, 6.45) is 0. The molecule has 0 fully saturated rings. The summed E-state index contributed by atoms with van der Waals surface area (Å²) in [5.74, 6) is -0.620. The van der Waals surface area contributed by atoms with Gasteiger partial charge in [-0.2, -0.15) is 5.10 Å². The number of nitrogens with zero attached hydrogens (tertiary/aromatic N) is 3. The Balaban J connectivity index is 1.31. The molecule has 0 saturated heterocycles. The lowest BCUT2D eigenvalue weighted by molar-refractivity contribution is -0.119. The van der Waals surface area contributed by atoms with E-state index in [-0.39, 0.29) is 5.69 Å². The Labute approximate surface area is 195 Å². The molecule has 0 atom stereocenters. The molecule has 168 valence electrons. The summed E-state index contributed by atoms with van der Waals surface area (Å²) in [5.41, 5.74) is 3.96. The highest BCUT2D eigenvalue weighted by Gasteiger charge is 2.16. The van der Waals surface area contributed by atoms with Crippen molar-refractivity contribution in [2.24, 2.45) is 0 Å². The van der Waals surface area contributed by atoms with Gasteiger partial charge in [-0.25, -0.2) is 14.5 Å². The minimum atomic E-state index is -0.655. The van der Waals surface area contributed by atoms with Gasteiger partial charge in [-0.3, -0.25) is 4.79 Å². The van der Waals surface area contributed by atoms with Crippen LogP contribution < -0.4 is 10.6 Å². The SMILES string of the molecule is Cc1ccc(-n2nc(C)cc2NC(=O)COC(=O)c2csc(NCc3ccccc3)n2)cc1. The number of hydrogen-bond donors (Lipinski definition) is 2. The molecule has 2 N–H and O–H groups in total. The molecular formula is C24H23N5O3S. The van der Waals surface area contributed by atoms with Crippen molar-refractivity contribution in [3.05, 3.63) is 88.6 Å². The number of rotatable bonds is 8. The van der Waals surface area contributed by atoms with Crippen molar-refractivity contribution in [1.82, 2.24) is 14.8 Å². The van der Waals surface area contributed by atoms with E-state index in [1.165, 1.54) is 11.3 Å². The Morgan fingerprint density at radius 2 is 1.82 bits per heavy atom. The van der Waals surface area contributed by atoms with E-state index in [1.54, 1.807) is 16.1 Å². The number of thiazole rings is 1. The van der Waals surface area contributed by atoms with Crippen molar-refractivity contribution < 1.29 is 14.3 Å². The van der Waals surface area contributed by atoms with Crippen LogP contribution in [0, 0.1) is 13.8 Å². The van der Waals surface area contributed by atoms with Gasteiger partial charge in [-0.15, -0.1) is 11.3 Å². The quantitative estimate of drug-likeness (QED) is 0.379. The number of ether oxygens (including phenoxy) is 1. The lowest BCUT2D eigenvalue weighted by atomic mass is 10.2. The van der Waals surface area contributed by atoms with Crippen molar-refractivity contribution in [2.75, 3.05) is 17.2 Å². The molecule has 0 bridgehead atoms. The number of anilines is 2. The summed E-state index contributed by atoms with van der Waals surface area (Å²) < 4.78 is 6.78. The molecular weight excluding hydrogens is 438 g/mol. The third kappa shape index (κ3) is 5.83. The van der Waals surface area contributed by atoms with Gasteiger partial charge in [0, 0.05) is 18.0 Å². The summed E-state index contributed by atoms with van der Waals surface area (Å²) in [7, 11) is 0. The number of amides is 1. The number of benzene rings is 2. The second-order valence-electron chi connectivity index (χ2n) is 7.42. The average Bonchev–Trinajstić information content (AvgIpc) is 3.44. The highest BCUT2D eigenvalue weighted by Crippen LogP contribution is 2.19. The zero-order valence-electron chi connectivity index (χ0n) is 18.2. The van der Waals surface area contributed by atoms with Gasteiger partial charge in [0.05, 0.1) is 11.4 Å². The predicted octanol–water partition coefficient (Wildman–Crippen LogP) is 4.35. The van der Waals surface area contributed by atoms with Crippen LogP contribution in [-0.4, -0.2) is 33.2 Å². The lowest BCUT2D eigenvalue weighted by Gasteiger charge is -2.09. The number of aromatic nitrogens is 3. The normalized spacial score (nSPS) is 10.6. The number of carbonyl (C=O) groups is 2. The van der Waals surface area contributed by atoms with Gasteiger partial charge in [0.25, 0.3) is 5.91 Å². The van der Waals surface area contributed by atoms with Crippen LogP contribution in [0.3, 0.4) is 0 Å². The Morgan fingerprint density at radius 3 is 2.58 bits per heavy atom. The van der Waals surface area contributed by atoms with E-state index in [4.69, 9.17) is 4.74 Å². The number of nitrogens with one attached hydrogen (secondary N) is 2. The summed E-state index contributed by atoms with van der Waals surface area (Å²) >= 11 is 1.30. The van der Waals surface area contributed by atoms with Crippen molar-refractivity contribution in [1.29, 1.82) is 0 Å². The number of aryl methyl sites for hydroxylation is 2. The first kappa shape index (κ1) is 22.2. The Kier molecular flexibility index (Phi) is 6.80. The van der Waals surface area contributed by atoms with E-state index in [0.29, 0.717) is 17.5 Å². The summed E-state index contributed by atoms with van der Waals surface area (Å²) in [6.45, 7) is 4.01. The number of carbonyl (C=O) groups excluding carboxylic acids is 2. The first-order valence-corrected chi connectivity index (χ1v) is 11.2. The molecule has 2 heterocycles. The minimum Gasteiger partial charge on any atom is -0.451 e. The maximum absolute atomic E-state index is 12.4. The first-order valence-electron chi connectivity index (χ1n) is 10.3. The van der Waals surface area contributed by atoms with Gasteiger partial charge < -0.3 is 15.4 Å². The first-order chi connectivity index (χ1) is 16.0. The van der Waals surface area contributed by atoms with Gasteiger partial charge >= 0.3 is 5.97 Å². The van der Waals surface area contributed by atoms with Crippen molar-refractivity contribution in [3.63, 3.8) is 0 Å². The minimum absolute atomic E-state index is 0.156. The van der Waals surface area contributed by atoms with Crippen LogP contribution in [0.5, 0.6) is 0 Å². The largest absolute Gasteiger partial charge is 0.451 e. The van der Waals surface area contributed by atoms with E-state index in [0.717, 1.165) is 22.5 Å². The van der Waals surface area contributed by atoms with Crippen LogP contribution in [0.2, 0.25) is 0 Å². The van der Waals surface area contributed by atoms with Crippen molar-refractivity contribution in [3.8, 4) is 5.69 Å². The number of hydrogen-bond acceptors (Lipinski definition) is 7. The average molecular weight is 462 g/mol. The molecule has 0 spiro atoms. The molecule has 33 heavy (non-hydrogen) atoms. The second-order valence-corrected chi connectivity index (χ2v) is 8.28. The van der Waals surface area contributed by atoms with Crippen LogP contribution in [0.1, 0.15) is 27.3 Å². The predicted molar refractivity (Wildman–Crippen MR) is 128 cm³/mol. The third-order valence-corrected chi connectivity index (χ3v) is 5.51. The summed E-state index contributed by atoms with van der Waals surface area (Å²) in [5, 5.41) is 12.6. The van der Waals surface area contributed by atoms with Crippen LogP contribution >= 0.6 is 11.3 Å². The molecule has 9 heteroatoms. The smallest absolute Gasteiger partial charge is 0.358 e. The monoisotopic (exact) mass is 461 g/mol. The second kappa shape index (κ2) is 10.1. The lowest BCUT2D eigenvalue weighted by Crippen LogP contribution is -2.22. The molecule has 4 aromatic rings. The van der Waals surface area contributed by atoms with Crippen molar-refractivity contribution in [2.45, 2.75) is 20.4 Å². The number of esters is 1. The Bertz CT molecular complexity index is 1250. The summed E-state index contributed by atoms with van der Waals surface area (Å²) in [4.78, 5) is 28.9. The fourth-order valence-corrected chi connectivity index (χ4v) is 3.76. The van der Waals surface area contributed by atoms with E-state index in [2.05, 4.69) is 20.7 Å². The van der Waals surface area contributed by atoms with Gasteiger partial charge in [0.2, 0.25) is 0 Å². The zero-order chi connectivity index (χ0) is 23.2. The summed E-state index contributed by atoms with van der Waals surface area (Å²) in [6, 6.07) is 19.4. The topological polar surface area (TPSA) is 98.1 Å². The van der Waals surface area contributed by atoms with Crippen molar-refractivity contribution >= 4 is 34.2 Å². The molecule has 0 saturated carbocycles. The molecule has 0 radical (unpaired) electrons. The molecule has 4 rings (SSSR count). The fourth-order valence-electron chi connectivity index (χ4n) is 3.08. The molecule has 0 aliphatic heterocycles. The van der Waals surface area contributed by atoms with Gasteiger partial charge in [0.1, 0.15) is 5.82 Å². The zero-order valence-corrected chi connectivity index (χ0v) is 19.1. The van der Waals surface area contributed by atoms with Crippen LogP contribution in [0.25, 0.3) is 5.69 Å². The maximum Gasteiger partial charge on any atom is 0.358 e. The van der Waals surface area contributed by atoms with Gasteiger partial charge in [0.15, 0.2) is 17.4 Å². The highest BCUT2D eigenvalue weighted by atomic mass is 32.1. The van der Waals surface area contributed by atoms with E-state index >= 15 is 0 Å². The van der Waals surface area contributed by atoms with E-state index in [9.17, 15) is 9.59 Å². The van der Waals surface area contributed by atoms with Gasteiger partial charge in [-0.1, -0.05) is 48.0 Å². The Morgan fingerprint density at radius 1 is 1.06 bits per heavy atom. The molecule has 2 aromatic heterocycles. The molecule has 8 nitrogen and oxygen atoms in total. The maximum atomic E-state index is 12.4. The van der Waals surface area contributed by atoms with Crippen LogP contribution in [0.15, 0.2) is 66.0 Å². The molecule has 0 aliphatic carbocycles. The third-order valence-electron chi connectivity index (χ3n) is 4.71.